The molecule has 0 fully saturated rings. The second-order valence-corrected chi connectivity index (χ2v) is 26.2. The second kappa shape index (κ2) is 74.4. The summed E-state index contributed by atoms with van der Waals surface area (Å²) < 4.78 is 23.0. The van der Waals surface area contributed by atoms with Gasteiger partial charge in [-0.2, -0.15) is 0 Å². The zero-order valence-corrected chi connectivity index (χ0v) is 61.5. The zero-order valence-electron chi connectivity index (χ0n) is 61.5. The first kappa shape index (κ1) is 89.6. The SMILES string of the molecule is CC/C=C\C/C=C\C/C=C\C/C=C\C/C=C\C/C=C\C/C=C\C/C=C\CCCCCCCCCCC(=O)OC(COC(=O)CCCCCCCCCCCCCCCCCCCC/C=C\C/C=C\C/C=C\C/C=C\C/C=C\C/C=C\CC)COC(OCC[N+](C)(C)C)C(=O)O. The number of rotatable bonds is 69. The van der Waals surface area contributed by atoms with E-state index in [9.17, 15) is 19.5 Å². The normalized spacial score (nSPS) is 13.7. The quantitative estimate of drug-likeness (QED) is 0.0211. The average molecular weight is 1320 g/mol. The maximum absolute atomic E-state index is 13.0. The maximum Gasteiger partial charge on any atom is 0.361 e. The molecular formula is C86H142NO8+. The molecule has 0 aliphatic heterocycles. The number of carboxylic acid groups (broad SMARTS) is 1. The van der Waals surface area contributed by atoms with Crippen LogP contribution in [0, 0.1) is 0 Å². The van der Waals surface area contributed by atoms with Crippen molar-refractivity contribution in [1.29, 1.82) is 0 Å². The topological polar surface area (TPSA) is 108 Å². The number of aliphatic carboxylic acids is 1. The molecule has 538 valence electrons. The fourth-order valence-corrected chi connectivity index (χ4v) is 10.2. The lowest BCUT2D eigenvalue weighted by atomic mass is 10.0. The molecule has 0 aromatic rings. The molecule has 9 nitrogen and oxygen atoms in total. The number of likely N-dealkylation sites (N-methyl/N-ethyl adjacent to an activating group) is 1. The van der Waals surface area contributed by atoms with Crippen molar-refractivity contribution in [2.45, 2.75) is 309 Å². The Bertz CT molecular complexity index is 2170. The number of carbonyl (C=O) groups excluding carboxylic acids is 2. The maximum atomic E-state index is 13.0. The Morgan fingerprint density at radius 3 is 0.842 bits per heavy atom. The first-order valence-corrected chi connectivity index (χ1v) is 38.3. The van der Waals surface area contributed by atoms with E-state index in [0.29, 0.717) is 23.9 Å². The van der Waals surface area contributed by atoms with Gasteiger partial charge in [0, 0.05) is 12.8 Å². The number of unbranched alkanes of at least 4 members (excludes halogenated alkanes) is 26. The summed E-state index contributed by atoms with van der Waals surface area (Å²) >= 11 is 0. The van der Waals surface area contributed by atoms with E-state index < -0.39 is 24.3 Å². The first-order valence-electron chi connectivity index (χ1n) is 38.3. The summed E-state index contributed by atoms with van der Waals surface area (Å²) in [6, 6.07) is 0. The molecular weight excluding hydrogens is 1170 g/mol. The fourth-order valence-electron chi connectivity index (χ4n) is 10.2. The molecule has 2 unspecified atom stereocenters. The van der Waals surface area contributed by atoms with Gasteiger partial charge >= 0.3 is 17.9 Å². The molecule has 2 atom stereocenters. The van der Waals surface area contributed by atoms with Gasteiger partial charge in [-0.25, -0.2) is 4.79 Å². The number of nitrogens with zero attached hydrogens (tertiary/aromatic N) is 1. The standard InChI is InChI=1S/C86H141NO8/c1-6-8-10-12-14-16-18-20-22-24-26-28-30-32-34-36-38-40-41-42-43-45-46-48-50-52-54-56-58-60-62-64-66-68-70-72-74-76-83(88)93-80-82(81-94-86(85(90)91)92-79-78-87(3,4)5)95-84(89)77-75-73-71-69-67-65-63-61-59-57-55-53-51-49-47-44-39-37-35-33-31-29-27-25-23-21-19-17-15-13-11-9-7-2/h8-11,14-17,20-23,26-29,32-35,38-40,44,49,51,55,57,82,86H,6-7,12-13,18-19,24-25,30-31,36-37,41-43,45-48,50,52-54,56,58-81H2,1-5H3/p+1/b10-8-,11-9-,16-14-,17-15-,22-20-,23-21-,28-26-,29-27-,34-32-,35-33-,40-38-,44-39-,51-49-,57-55-. The summed E-state index contributed by atoms with van der Waals surface area (Å²) in [7, 11) is 5.97. The summed E-state index contributed by atoms with van der Waals surface area (Å²) in [5.74, 6) is -2.02. The van der Waals surface area contributed by atoms with Gasteiger partial charge in [0.1, 0.15) is 13.2 Å². The van der Waals surface area contributed by atoms with Gasteiger partial charge in [-0.3, -0.25) is 9.59 Å². The molecule has 0 aromatic carbocycles. The Labute approximate surface area is 584 Å². The highest BCUT2D eigenvalue weighted by Gasteiger charge is 2.25. The predicted octanol–water partition coefficient (Wildman–Crippen LogP) is 24.6. The fraction of sp³-hybridized carbons (Fsp3) is 0.640. The highest BCUT2D eigenvalue weighted by atomic mass is 16.7. The summed E-state index contributed by atoms with van der Waals surface area (Å²) in [4.78, 5) is 37.7. The van der Waals surface area contributed by atoms with Gasteiger partial charge < -0.3 is 28.5 Å². The van der Waals surface area contributed by atoms with Crippen molar-refractivity contribution in [3.05, 3.63) is 170 Å². The van der Waals surface area contributed by atoms with E-state index in [1.165, 1.54) is 128 Å². The molecule has 9 heteroatoms. The summed E-state index contributed by atoms with van der Waals surface area (Å²) in [5, 5.41) is 9.77. The van der Waals surface area contributed by atoms with Crippen LogP contribution in [0.2, 0.25) is 0 Å². The van der Waals surface area contributed by atoms with Crippen molar-refractivity contribution in [3.63, 3.8) is 0 Å². The minimum Gasteiger partial charge on any atom is -0.477 e. The molecule has 0 radical (unpaired) electrons. The van der Waals surface area contributed by atoms with Crippen LogP contribution in [0.1, 0.15) is 296 Å². The Morgan fingerprint density at radius 1 is 0.316 bits per heavy atom. The third-order valence-corrected chi connectivity index (χ3v) is 16.0. The van der Waals surface area contributed by atoms with E-state index >= 15 is 0 Å². The highest BCUT2D eigenvalue weighted by Crippen LogP contribution is 2.17. The zero-order chi connectivity index (χ0) is 69.0. The summed E-state index contributed by atoms with van der Waals surface area (Å²) in [5.41, 5.74) is 0. The van der Waals surface area contributed by atoms with E-state index in [2.05, 4.69) is 184 Å². The minimum absolute atomic E-state index is 0.179. The Morgan fingerprint density at radius 2 is 0.568 bits per heavy atom. The van der Waals surface area contributed by atoms with Crippen LogP contribution in [-0.2, 0) is 33.3 Å². The monoisotopic (exact) mass is 1320 g/mol. The molecule has 0 aliphatic carbocycles. The lowest BCUT2D eigenvalue weighted by Crippen LogP contribution is -2.40. The van der Waals surface area contributed by atoms with Gasteiger partial charge in [0.25, 0.3) is 6.29 Å². The number of carbonyl (C=O) groups is 3. The minimum atomic E-state index is -1.52. The van der Waals surface area contributed by atoms with Crippen LogP contribution in [0.4, 0.5) is 0 Å². The van der Waals surface area contributed by atoms with Gasteiger partial charge in [0.15, 0.2) is 6.10 Å². The molecule has 0 rings (SSSR count). The van der Waals surface area contributed by atoms with Gasteiger partial charge in [-0.1, -0.05) is 325 Å². The lowest BCUT2D eigenvalue weighted by molar-refractivity contribution is -0.870. The molecule has 95 heavy (non-hydrogen) atoms. The molecule has 0 aliphatic rings. The Kier molecular flexibility index (Phi) is 70.2. The molecule has 0 amide bonds. The molecule has 0 heterocycles. The number of hydrogen-bond donors (Lipinski definition) is 1. The van der Waals surface area contributed by atoms with Crippen molar-refractivity contribution < 1.29 is 42.9 Å². The van der Waals surface area contributed by atoms with E-state index in [0.717, 1.165) is 135 Å². The molecule has 0 saturated heterocycles. The highest BCUT2D eigenvalue weighted by molar-refractivity contribution is 5.71. The Balaban J connectivity index is 4.11. The van der Waals surface area contributed by atoms with Crippen LogP contribution in [0.25, 0.3) is 0 Å². The largest absolute Gasteiger partial charge is 0.477 e. The smallest absolute Gasteiger partial charge is 0.361 e. The van der Waals surface area contributed by atoms with Gasteiger partial charge in [-0.05, 0) is 128 Å². The van der Waals surface area contributed by atoms with Crippen molar-refractivity contribution in [2.24, 2.45) is 0 Å². The number of carboxylic acids is 1. The number of quaternary nitrogens is 1. The van der Waals surface area contributed by atoms with E-state index in [1.54, 1.807) is 0 Å². The van der Waals surface area contributed by atoms with Gasteiger partial charge in [0.2, 0.25) is 0 Å². The second-order valence-electron chi connectivity index (χ2n) is 26.2. The molecule has 0 saturated carbocycles. The van der Waals surface area contributed by atoms with E-state index in [-0.39, 0.29) is 32.2 Å². The molecule has 0 bridgehead atoms. The molecule has 0 spiro atoms. The van der Waals surface area contributed by atoms with Crippen molar-refractivity contribution in [1.82, 2.24) is 0 Å². The summed E-state index contributed by atoms with van der Waals surface area (Å²) in [6.45, 7) is 4.64. The predicted molar refractivity (Wildman–Crippen MR) is 410 cm³/mol. The molecule has 0 aromatic heterocycles. The van der Waals surface area contributed by atoms with Crippen molar-refractivity contribution in [3.8, 4) is 0 Å². The van der Waals surface area contributed by atoms with Crippen LogP contribution in [0.5, 0.6) is 0 Å². The van der Waals surface area contributed by atoms with Crippen molar-refractivity contribution in [2.75, 3.05) is 47.5 Å². The van der Waals surface area contributed by atoms with Crippen LogP contribution in [0.15, 0.2) is 170 Å². The van der Waals surface area contributed by atoms with Crippen LogP contribution in [0.3, 0.4) is 0 Å². The first-order chi connectivity index (χ1) is 46.6. The number of ether oxygens (including phenoxy) is 4. The average Bonchev–Trinajstić information content (AvgIpc) is 3.75. The molecule has 1 N–H and O–H groups in total. The van der Waals surface area contributed by atoms with Crippen molar-refractivity contribution >= 4 is 17.9 Å². The van der Waals surface area contributed by atoms with E-state index in [4.69, 9.17) is 18.9 Å². The van der Waals surface area contributed by atoms with Crippen LogP contribution in [-0.4, -0.2) is 87.4 Å². The van der Waals surface area contributed by atoms with Crippen LogP contribution < -0.4 is 0 Å². The number of esters is 2. The van der Waals surface area contributed by atoms with Crippen LogP contribution >= 0.6 is 0 Å². The number of hydrogen-bond acceptors (Lipinski definition) is 7. The van der Waals surface area contributed by atoms with Gasteiger partial charge in [-0.15, -0.1) is 0 Å². The Hall–Kier alpha value is -5.35. The van der Waals surface area contributed by atoms with Gasteiger partial charge in [0.05, 0.1) is 34.4 Å². The third kappa shape index (κ3) is 75.9. The lowest BCUT2D eigenvalue weighted by Gasteiger charge is -2.25. The number of allylic oxidation sites excluding steroid dienone is 28. The third-order valence-electron chi connectivity index (χ3n) is 16.0. The van der Waals surface area contributed by atoms with E-state index in [1.807, 2.05) is 21.1 Å². The summed E-state index contributed by atoms with van der Waals surface area (Å²) in [6.07, 6.45) is 109.